The number of hydrogen-bond donors (Lipinski definition) is 0. The molecule has 0 N–H and O–H groups in total. The molecule has 0 saturated heterocycles. The zero-order valence-corrected chi connectivity index (χ0v) is 6.18. The number of rotatable bonds is 4. The van der Waals surface area contributed by atoms with Crippen LogP contribution in [0, 0.1) is 0 Å². The summed E-state index contributed by atoms with van der Waals surface area (Å²) in [4.78, 5) is 10.6. The van der Waals surface area contributed by atoms with Crippen LogP contribution < -0.4 is 5.32 Å². The van der Waals surface area contributed by atoms with Gasteiger partial charge >= 0.3 is 51.4 Å². The predicted octanol–water partition coefficient (Wildman–Crippen LogP) is 0.679. The van der Waals surface area contributed by atoms with Gasteiger partial charge in [-0.3, -0.25) is 10.1 Å². The molecule has 0 heterocycles. The van der Waals surface area contributed by atoms with Gasteiger partial charge < -0.3 is 0 Å². The van der Waals surface area contributed by atoms with Gasteiger partial charge in [0.05, 0.1) is 0 Å². The van der Waals surface area contributed by atoms with E-state index >= 15 is 0 Å². The van der Waals surface area contributed by atoms with Gasteiger partial charge in [0.25, 0.3) is 0 Å². The van der Waals surface area contributed by atoms with Gasteiger partial charge in [-0.05, 0) is 12.8 Å². The molecule has 10 heavy (non-hydrogen) atoms. The van der Waals surface area contributed by atoms with E-state index in [4.69, 9.17) is 0 Å². The summed E-state index contributed by atoms with van der Waals surface area (Å²) in [6.45, 7) is 4.70. The van der Waals surface area contributed by atoms with Crippen molar-refractivity contribution in [2.75, 3.05) is 6.54 Å². The van der Waals surface area contributed by atoms with Crippen molar-refractivity contribution in [3.05, 3.63) is 0 Å². The Bertz CT molecular complexity index is 85.7. The molecule has 0 rings (SSSR count). The summed E-state index contributed by atoms with van der Waals surface area (Å²) < 4.78 is 0. The first-order chi connectivity index (χ1) is 4.31. The van der Waals surface area contributed by atoms with Crippen LogP contribution in [0.25, 0.3) is 0 Å². The molecule has 0 saturated carbocycles. The molecule has 0 aromatic heterocycles. The van der Waals surface area contributed by atoms with Gasteiger partial charge in [0.2, 0.25) is 5.91 Å². The Kier molecular flexibility index (Phi) is 13.8. The number of hydrogen-bond acceptors (Lipinski definition) is 1. The van der Waals surface area contributed by atoms with Gasteiger partial charge in [0, 0.05) is 13.0 Å². The number of amides is 1. The maximum absolute atomic E-state index is 10.6. The van der Waals surface area contributed by atoms with Gasteiger partial charge in [-0.1, -0.05) is 13.8 Å². The first kappa shape index (κ1) is 13.7. The van der Waals surface area contributed by atoms with Gasteiger partial charge in [0.1, 0.15) is 0 Å². The quantitative estimate of drug-likeness (QED) is 0.568. The third-order valence-electron chi connectivity index (χ3n) is 0.976. The predicted molar refractivity (Wildman–Crippen MR) is 44.4 cm³/mol. The first-order valence-electron chi connectivity index (χ1n) is 3.51. The van der Waals surface area contributed by atoms with E-state index in [9.17, 15) is 4.79 Å². The first-order valence-corrected chi connectivity index (χ1v) is 3.51. The molecule has 0 aromatic carbocycles. The fraction of sp³-hybridized carbons (Fsp3) is 0.857. The van der Waals surface area contributed by atoms with Crippen molar-refractivity contribution in [2.45, 2.75) is 33.1 Å². The van der Waals surface area contributed by atoms with Gasteiger partial charge in [-0.15, -0.1) is 0 Å². The Morgan fingerprint density at radius 1 is 1.30 bits per heavy atom. The molecule has 0 atom stereocenters. The van der Waals surface area contributed by atoms with Crippen molar-refractivity contribution >= 4 is 57.3 Å². The maximum atomic E-state index is 10.6. The topological polar surface area (TPSA) is 31.2 Å². The van der Waals surface area contributed by atoms with E-state index in [0.29, 0.717) is 13.0 Å². The summed E-state index contributed by atoms with van der Waals surface area (Å²) in [5.74, 6) is 0.0550. The second-order valence-corrected chi connectivity index (χ2v) is 2.03. The van der Waals surface area contributed by atoms with E-state index in [0.717, 1.165) is 12.8 Å². The molecule has 0 unspecified atom stereocenters. The van der Waals surface area contributed by atoms with Crippen LogP contribution in [0.2, 0.25) is 0 Å². The van der Waals surface area contributed by atoms with Crippen molar-refractivity contribution < 1.29 is 4.79 Å². The Balaban J connectivity index is 0. The molecular weight excluding hydrogens is 153 g/mol. The van der Waals surface area contributed by atoms with E-state index in [2.05, 4.69) is 5.32 Å². The molecule has 0 fully saturated rings. The van der Waals surface area contributed by atoms with E-state index in [1.807, 2.05) is 13.8 Å². The zero-order chi connectivity index (χ0) is 7.11. The summed E-state index contributed by atoms with van der Waals surface area (Å²) in [6.07, 6.45) is 2.49. The summed E-state index contributed by atoms with van der Waals surface area (Å²) in [7, 11) is 0. The monoisotopic (exact) mass is 168 g/mol. The molecular formula is C7H15KNO. The number of nitrogens with zero attached hydrogens (tertiary/aromatic N) is 1. The van der Waals surface area contributed by atoms with Crippen LogP contribution in [-0.2, 0) is 4.79 Å². The second kappa shape index (κ2) is 10.1. The normalized spacial score (nSPS) is 8.20. The molecule has 0 aliphatic heterocycles. The van der Waals surface area contributed by atoms with Crippen LogP contribution in [-0.4, -0.2) is 63.8 Å². The van der Waals surface area contributed by atoms with Crippen LogP contribution in [0.1, 0.15) is 33.1 Å². The summed E-state index contributed by atoms with van der Waals surface area (Å²) >= 11 is 0. The third kappa shape index (κ3) is 9.11. The average Bonchev–Trinajstić information content (AvgIpc) is 1.85. The van der Waals surface area contributed by atoms with Gasteiger partial charge in [-0.25, -0.2) is 0 Å². The third-order valence-corrected chi connectivity index (χ3v) is 0.976. The zero-order valence-electron chi connectivity index (χ0n) is 6.18. The molecule has 0 spiro atoms. The molecule has 0 bridgehead atoms. The molecule has 55 valence electrons. The van der Waals surface area contributed by atoms with Crippen molar-refractivity contribution in [3.63, 3.8) is 0 Å². The average molecular weight is 168 g/mol. The fourth-order valence-electron chi connectivity index (χ4n) is 0.529. The van der Waals surface area contributed by atoms with E-state index in [-0.39, 0.29) is 57.3 Å². The summed E-state index contributed by atoms with van der Waals surface area (Å²) in [6, 6.07) is 0. The fourth-order valence-corrected chi connectivity index (χ4v) is 0.529. The van der Waals surface area contributed by atoms with Gasteiger partial charge in [-0.2, -0.15) is 0 Å². The van der Waals surface area contributed by atoms with Crippen molar-refractivity contribution in [1.29, 1.82) is 0 Å². The van der Waals surface area contributed by atoms with E-state index in [1.54, 1.807) is 0 Å². The molecule has 0 aromatic rings. The van der Waals surface area contributed by atoms with Crippen LogP contribution in [0.4, 0.5) is 0 Å². The van der Waals surface area contributed by atoms with Crippen molar-refractivity contribution in [2.24, 2.45) is 0 Å². The number of carbonyl (C=O) groups is 1. The molecule has 1 amide bonds. The number of carbonyl (C=O) groups excluding carboxylic acids is 1. The molecule has 1 radical (unpaired) electrons. The van der Waals surface area contributed by atoms with Crippen LogP contribution in [0.3, 0.4) is 0 Å². The Morgan fingerprint density at radius 2 is 1.90 bits per heavy atom. The Hall–Kier alpha value is 1.11. The molecule has 0 aliphatic rings. The van der Waals surface area contributed by atoms with Crippen molar-refractivity contribution in [3.8, 4) is 0 Å². The van der Waals surface area contributed by atoms with Crippen LogP contribution >= 0.6 is 0 Å². The van der Waals surface area contributed by atoms with Crippen LogP contribution in [0.15, 0.2) is 0 Å². The van der Waals surface area contributed by atoms with Gasteiger partial charge in [0.15, 0.2) is 0 Å². The molecule has 3 heteroatoms. The Labute approximate surface area is 106 Å². The van der Waals surface area contributed by atoms with E-state index < -0.39 is 0 Å². The Morgan fingerprint density at radius 3 is 2.30 bits per heavy atom. The molecule has 2 nitrogen and oxygen atoms in total. The second-order valence-electron chi connectivity index (χ2n) is 2.03. The summed E-state index contributed by atoms with van der Waals surface area (Å²) in [5, 5.41) is 3.79. The minimum atomic E-state index is 0. The van der Waals surface area contributed by atoms with Crippen LogP contribution in [0.5, 0.6) is 0 Å². The van der Waals surface area contributed by atoms with Crippen molar-refractivity contribution in [1.82, 2.24) is 5.32 Å². The summed E-state index contributed by atoms with van der Waals surface area (Å²) in [5.41, 5.74) is 0. The SMILES string of the molecule is CCC[N]C(=O)CCC.[KH]. The minimum absolute atomic E-state index is 0. The standard InChI is InChI=1S/C7H14NO.K.H/c1-3-5-7(9)8-6-4-2;;/h3-6H2,1-2H3;;. The van der Waals surface area contributed by atoms with E-state index in [1.165, 1.54) is 0 Å². The molecule has 0 aliphatic carbocycles.